The van der Waals surface area contributed by atoms with E-state index in [1.807, 2.05) is 0 Å². The minimum Gasteiger partial charge on any atom is -0.0614 e. The summed E-state index contributed by atoms with van der Waals surface area (Å²) in [5, 5.41) is 0. The number of hydrogen-bond acceptors (Lipinski definition) is 0. The van der Waals surface area contributed by atoms with Gasteiger partial charge in [0.15, 0.2) is 0 Å². The fraction of sp³-hybridized carbons (Fsp3) is 0.600. The SMILES string of the molecule is Cc1cc([C@H]2[C@H](C)C2(C)C)c(I)c(C)c1C. The Morgan fingerprint density at radius 3 is 2.06 bits per heavy atom. The van der Waals surface area contributed by atoms with Crippen molar-refractivity contribution in [3.8, 4) is 0 Å². The van der Waals surface area contributed by atoms with E-state index < -0.39 is 0 Å². The molecule has 2 rings (SSSR count). The summed E-state index contributed by atoms with van der Waals surface area (Å²) in [4.78, 5) is 0. The summed E-state index contributed by atoms with van der Waals surface area (Å²) in [6, 6.07) is 2.42. The summed E-state index contributed by atoms with van der Waals surface area (Å²) in [6.45, 7) is 13.9. The van der Waals surface area contributed by atoms with Gasteiger partial charge in [-0.1, -0.05) is 26.8 Å². The molecule has 2 atom stereocenters. The van der Waals surface area contributed by atoms with E-state index in [2.05, 4.69) is 70.2 Å². The lowest BCUT2D eigenvalue weighted by molar-refractivity contribution is 0.575. The molecule has 88 valence electrons. The van der Waals surface area contributed by atoms with Gasteiger partial charge in [0.1, 0.15) is 0 Å². The fourth-order valence-corrected chi connectivity index (χ4v) is 3.77. The first-order valence-electron chi connectivity index (χ1n) is 6.04. The fourth-order valence-electron chi connectivity index (χ4n) is 2.87. The second-order valence-corrected chi connectivity index (χ2v) is 7.01. The third-order valence-electron chi connectivity index (χ3n) is 4.81. The third kappa shape index (κ3) is 1.62. The molecule has 1 aliphatic carbocycles. The first-order chi connectivity index (χ1) is 7.28. The van der Waals surface area contributed by atoms with Gasteiger partial charge in [0.05, 0.1) is 0 Å². The molecule has 1 aromatic carbocycles. The van der Waals surface area contributed by atoms with Crippen molar-refractivity contribution in [2.75, 3.05) is 0 Å². The van der Waals surface area contributed by atoms with Crippen molar-refractivity contribution in [1.82, 2.24) is 0 Å². The van der Waals surface area contributed by atoms with E-state index in [0.717, 1.165) is 11.8 Å². The van der Waals surface area contributed by atoms with Crippen LogP contribution in [-0.4, -0.2) is 0 Å². The van der Waals surface area contributed by atoms with Crippen LogP contribution in [0.3, 0.4) is 0 Å². The summed E-state index contributed by atoms with van der Waals surface area (Å²) in [5.74, 6) is 1.58. The maximum Gasteiger partial charge on any atom is 0.0197 e. The smallest absolute Gasteiger partial charge is 0.0197 e. The lowest BCUT2D eigenvalue weighted by atomic mass is 9.95. The molecule has 0 bridgehead atoms. The molecule has 1 heteroatoms. The van der Waals surface area contributed by atoms with Crippen LogP contribution in [0.5, 0.6) is 0 Å². The van der Waals surface area contributed by atoms with Gasteiger partial charge in [-0.2, -0.15) is 0 Å². The van der Waals surface area contributed by atoms with Crippen LogP contribution >= 0.6 is 22.6 Å². The van der Waals surface area contributed by atoms with Crippen molar-refractivity contribution in [2.24, 2.45) is 11.3 Å². The Balaban J connectivity index is 2.52. The normalized spacial score (nSPS) is 26.9. The number of aryl methyl sites for hydroxylation is 1. The predicted molar refractivity (Wildman–Crippen MR) is 79.1 cm³/mol. The predicted octanol–water partition coefficient (Wildman–Crippen LogP) is 4.98. The highest BCUT2D eigenvalue weighted by Gasteiger charge is 2.55. The molecular weight excluding hydrogens is 307 g/mol. The number of hydrogen-bond donors (Lipinski definition) is 0. The molecule has 0 nitrogen and oxygen atoms in total. The van der Waals surface area contributed by atoms with Crippen LogP contribution in [0, 0.1) is 35.7 Å². The summed E-state index contributed by atoms with van der Waals surface area (Å²) < 4.78 is 1.49. The van der Waals surface area contributed by atoms with Gasteiger partial charge in [-0.05, 0) is 82.9 Å². The molecule has 1 fully saturated rings. The largest absolute Gasteiger partial charge is 0.0614 e. The molecule has 1 aromatic rings. The Kier molecular flexibility index (Phi) is 2.89. The van der Waals surface area contributed by atoms with Gasteiger partial charge < -0.3 is 0 Å². The highest BCUT2D eigenvalue weighted by Crippen LogP contribution is 2.64. The van der Waals surface area contributed by atoms with Crippen LogP contribution in [0.25, 0.3) is 0 Å². The number of halogens is 1. The average molecular weight is 328 g/mol. The van der Waals surface area contributed by atoms with Gasteiger partial charge in [-0.25, -0.2) is 0 Å². The molecule has 0 saturated heterocycles. The molecule has 16 heavy (non-hydrogen) atoms. The quantitative estimate of drug-likeness (QED) is 0.638. The van der Waals surface area contributed by atoms with E-state index in [4.69, 9.17) is 0 Å². The Hall–Kier alpha value is -0.0500. The monoisotopic (exact) mass is 328 g/mol. The van der Waals surface area contributed by atoms with Crippen molar-refractivity contribution in [3.63, 3.8) is 0 Å². The highest BCUT2D eigenvalue weighted by atomic mass is 127. The standard InChI is InChI=1S/C15H21I/c1-8-7-12(13-11(4)15(13,5)6)14(16)10(3)9(8)2/h7,11,13H,1-6H3/t11-,13+/m0/s1. The van der Waals surface area contributed by atoms with Crippen molar-refractivity contribution in [1.29, 1.82) is 0 Å². The van der Waals surface area contributed by atoms with E-state index in [0.29, 0.717) is 5.41 Å². The van der Waals surface area contributed by atoms with Crippen molar-refractivity contribution >= 4 is 22.6 Å². The summed E-state index contributed by atoms with van der Waals surface area (Å²) in [5.41, 5.74) is 6.46. The lowest BCUT2D eigenvalue weighted by Gasteiger charge is -2.14. The van der Waals surface area contributed by atoms with Crippen LogP contribution in [-0.2, 0) is 0 Å². The molecule has 0 aromatic heterocycles. The molecule has 0 unspecified atom stereocenters. The van der Waals surface area contributed by atoms with Crippen LogP contribution in [0.1, 0.15) is 48.9 Å². The third-order valence-corrected chi connectivity index (χ3v) is 6.24. The highest BCUT2D eigenvalue weighted by molar-refractivity contribution is 14.1. The van der Waals surface area contributed by atoms with E-state index in [1.165, 1.54) is 20.3 Å². The first-order valence-corrected chi connectivity index (χ1v) is 7.12. The molecule has 0 N–H and O–H groups in total. The van der Waals surface area contributed by atoms with E-state index in [-0.39, 0.29) is 0 Å². The summed E-state index contributed by atoms with van der Waals surface area (Å²) >= 11 is 2.53. The number of rotatable bonds is 1. The molecule has 1 saturated carbocycles. The Morgan fingerprint density at radius 1 is 1.12 bits per heavy atom. The molecule has 1 aliphatic rings. The second-order valence-electron chi connectivity index (χ2n) is 5.93. The maximum atomic E-state index is 2.53. The van der Waals surface area contributed by atoms with E-state index in [1.54, 1.807) is 5.56 Å². The minimum atomic E-state index is 0.494. The average Bonchev–Trinajstić information content (AvgIpc) is 2.70. The Labute approximate surface area is 113 Å². The van der Waals surface area contributed by atoms with Crippen LogP contribution in [0.2, 0.25) is 0 Å². The van der Waals surface area contributed by atoms with Gasteiger partial charge in [-0.3, -0.25) is 0 Å². The molecular formula is C15H21I. The first kappa shape index (κ1) is 12.4. The van der Waals surface area contributed by atoms with Crippen molar-refractivity contribution in [2.45, 2.75) is 47.5 Å². The van der Waals surface area contributed by atoms with Crippen LogP contribution < -0.4 is 0 Å². The van der Waals surface area contributed by atoms with Crippen LogP contribution in [0.15, 0.2) is 6.07 Å². The second kappa shape index (κ2) is 3.72. The van der Waals surface area contributed by atoms with Gasteiger partial charge in [0, 0.05) is 3.57 Å². The molecule has 0 radical (unpaired) electrons. The zero-order valence-electron chi connectivity index (χ0n) is 11.1. The van der Waals surface area contributed by atoms with E-state index >= 15 is 0 Å². The zero-order valence-corrected chi connectivity index (χ0v) is 13.3. The van der Waals surface area contributed by atoms with Gasteiger partial charge in [-0.15, -0.1) is 0 Å². The Morgan fingerprint density at radius 2 is 1.62 bits per heavy atom. The Bertz CT molecular complexity index is 443. The van der Waals surface area contributed by atoms with Crippen LogP contribution in [0.4, 0.5) is 0 Å². The van der Waals surface area contributed by atoms with Gasteiger partial charge >= 0.3 is 0 Å². The summed E-state index contributed by atoms with van der Waals surface area (Å²) in [7, 11) is 0. The van der Waals surface area contributed by atoms with E-state index in [9.17, 15) is 0 Å². The topological polar surface area (TPSA) is 0 Å². The van der Waals surface area contributed by atoms with Crippen molar-refractivity contribution < 1.29 is 0 Å². The lowest BCUT2D eigenvalue weighted by Crippen LogP contribution is -1.99. The maximum absolute atomic E-state index is 2.53. The minimum absolute atomic E-state index is 0.494. The summed E-state index contributed by atoms with van der Waals surface area (Å²) in [6.07, 6.45) is 0. The molecule has 0 spiro atoms. The number of benzene rings is 1. The molecule has 0 heterocycles. The van der Waals surface area contributed by atoms with Gasteiger partial charge in [0.2, 0.25) is 0 Å². The van der Waals surface area contributed by atoms with Crippen molar-refractivity contribution in [3.05, 3.63) is 31.9 Å². The zero-order chi connectivity index (χ0) is 12.2. The molecule has 0 amide bonds. The molecule has 0 aliphatic heterocycles. The van der Waals surface area contributed by atoms with Gasteiger partial charge in [0.25, 0.3) is 0 Å².